The number of rotatable bonds is 3. The summed E-state index contributed by atoms with van der Waals surface area (Å²) in [6.45, 7) is 0. The lowest BCUT2D eigenvalue weighted by Gasteiger charge is -2.19. The van der Waals surface area contributed by atoms with Crippen LogP contribution in [-0.2, 0) is 0 Å². The van der Waals surface area contributed by atoms with Crippen molar-refractivity contribution in [3.8, 4) is 0 Å². The molecule has 18 heavy (non-hydrogen) atoms. The Balaban J connectivity index is 1.67. The lowest BCUT2D eigenvalue weighted by molar-refractivity contribution is 0.0923. The first kappa shape index (κ1) is 11.7. The van der Waals surface area contributed by atoms with Gasteiger partial charge in [0.2, 0.25) is 0 Å². The van der Waals surface area contributed by atoms with Crippen molar-refractivity contribution in [3.63, 3.8) is 0 Å². The smallest absolute Gasteiger partial charge is 0.295 e. The second kappa shape index (κ2) is 4.07. The van der Waals surface area contributed by atoms with Gasteiger partial charge in [-0.05, 0) is 37.2 Å². The van der Waals surface area contributed by atoms with Gasteiger partial charge in [-0.3, -0.25) is 4.79 Å². The van der Waals surface area contributed by atoms with Gasteiger partial charge >= 0.3 is 0 Å². The minimum atomic E-state index is -2.67. The first-order valence-electron chi connectivity index (χ1n) is 6.28. The Morgan fingerprint density at radius 3 is 2.83 bits per heavy atom. The summed E-state index contributed by atoms with van der Waals surface area (Å²) in [4.78, 5) is 11.9. The van der Waals surface area contributed by atoms with Gasteiger partial charge in [0, 0.05) is 6.04 Å². The average molecular weight is 255 g/mol. The number of furan rings is 1. The number of carbonyl (C=O) groups excluding carboxylic acids is 1. The van der Waals surface area contributed by atoms with Gasteiger partial charge in [0.15, 0.2) is 5.76 Å². The van der Waals surface area contributed by atoms with E-state index in [-0.39, 0.29) is 17.5 Å². The topological polar surface area (TPSA) is 42.2 Å². The van der Waals surface area contributed by atoms with E-state index in [1.165, 1.54) is 19.3 Å². The van der Waals surface area contributed by atoms with Crippen molar-refractivity contribution in [2.75, 3.05) is 0 Å². The predicted octanol–water partition coefficient (Wildman–Crippen LogP) is 3.28. The molecule has 1 amide bonds. The van der Waals surface area contributed by atoms with Crippen LogP contribution in [0.4, 0.5) is 8.78 Å². The molecule has 2 aliphatic carbocycles. The van der Waals surface area contributed by atoms with E-state index >= 15 is 0 Å². The quantitative estimate of drug-likeness (QED) is 0.900. The molecule has 1 N–H and O–H groups in total. The van der Waals surface area contributed by atoms with Crippen molar-refractivity contribution in [1.82, 2.24) is 5.32 Å². The standard InChI is InChI=1S/C13H15F2NO2/c14-11(15)9-6-8(7-18-9)12(17)16-10-2-1-3-13(10)4-5-13/h6-7,10-11H,1-5H2,(H,16,17). The highest BCUT2D eigenvalue weighted by Crippen LogP contribution is 2.57. The summed E-state index contributed by atoms with van der Waals surface area (Å²) in [5.74, 6) is -0.753. The van der Waals surface area contributed by atoms with Crippen LogP contribution in [0.25, 0.3) is 0 Å². The van der Waals surface area contributed by atoms with Crippen LogP contribution >= 0.6 is 0 Å². The highest BCUT2D eigenvalue weighted by molar-refractivity contribution is 5.94. The van der Waals surface area contributed by atoms with Crippen LogP contribution in [0.5, 0.6) is 0 Å². The van der Waals surface area contributed by atoms with Crippen LogP contribution in [0.1, 0.15) is 54.6 Å². The largest absolute Gasteiger partial charge is 0.462 e. The molecule has 1 aromatic rings. The summed E-state index contributed by atoms with van der Waals surface area (Å²) in [6, 6.07) is 1.32. The highest BCUT2D eigenvalue weighted by atomic mass is 19.3. The third-order valence-corrected chi connectivity index (χ3v) is 4.20. The fourth-order valence-corrected chi connectivity index (χ4v) is 2.95. The molecular formula is C13H15F2NO2. The number of carbonyl (C=O) groups is 1. The third kappa shape index (κ3) is 1.91. The molecule has 1 aromatic heterocycles. The zero-order valence-electron chi connectivity index (χ0n) is 9.92. The summed E-state index contributed by atoms with van der Waals surface area (Å²) in [5, 5.41) is 2.96. The zero-order valence-corrected chi connectivity index (χ0v) is 9.92. The van der Waals surface area contributed by atoms with E-state index in [2.05, 4.69) is 9.73 Å². The number of hydrogen-bond acceptors (Lipinski definition) is 2. The van der Waals surface area contributed by atoms with Crippen molar-refractivity contribution in [2.45, 2.75) is 44.6 Å². The molecule has 1 heterocycles. The molecule has 2 aliphatic rings. The van der Waals surface area contributed by atoms with Gasteiger partial charge in [-0.2, -0.15) is 0 Å². The molecular weight excluding hydrogens is 240 g/mol. The van der Waals surface area contributed by atoms with E-state index in [0.29, 0.717) is 5.41 Å². The molecule has 5 heteroatoms. The SMILES string of the molecule is O=C(NC1CCCC12CC2)c1coc(C(F)F)c1. The minimum absolute atomic E-state index is 0.188. The van der Waals surface area contributed by atoms with Crippen molar-refractivity contribution in [3.05, 3.63) is 23.7 Å². The van der Waals surface area contributed by atoms with Gasteiger partial charge in [0.05, 0.1) is 5.56 Å². The Morgan fingerprint density at radius 2 is 2.22 bits per heavy atom. The van der Waals surface area contributed by atoms with Crippen LogP contribution in [0.2, 0.25) is 0 Å². The van der Waals surface area contributed by atoms with E-state index in [4.69, 9.17) is 0 Å². The molecule has 3 rings (SSSR count). The Labute approximate surface area is 104 Å². The molecule has 3 nitrogen and oxygen atoms in total. The molecule has 0 radical (unpaired) electrons. The summed E-state index contributed by atoms with van der Waals surface area (Å²) in [7, 11) is 0. The number of halogens is 2. The maximum Gasteiger partial charge on any atom is 0.295 e. The molecule has 0 bridgehead atoms. The summed E-state index contributed by atoms with van der Waals surface area (Å²) in [6.07, 6.45) is 4.07. The van der Waals surface area contributed by atoms with Gasteiger partial charge in [-0.25, -0.2) is 8.78 Å². The summed E-state index contributed by atoms with van der Waals surface area (Å²) in [5.41, 5.74) is 0.498. The van der Waals surface area contributed by atoms with Crippen LogP contribution in [0.3, 0.4) is 0 Å². The van der Waals surface area contributed by atoms with Crippen molar-refractivity contribution in [1.29, 1.82) is 0 Å². The number of hydrogen-bond donors (Lipinski definition) is 1. The first-order valence-corrected chi connectivity index (χ1v) is 6.28. The van der Waals surface area contributed by atoms with Crippen molar-refractivity contribution < 1.29 is 18.0 Å². The van der Waals surface area contributed by atoms with E-state index in [0.717, 1.165) is 25.2 Å². The van der Waals surface area contributed by atoms with Gasteiger partial charge in [-0.1, -0.05) is 6.42 Å². The monoisotopic (exact) mass is 255 g/mol. The fraction of sp³-hybridized carbons (Fsp3) is 0.615. The fourth-order valence-electron chi connectivity index (χ4n) is 2.95. The molecule has 1 unspecified atom stereocenters. The Hall–Kier alpha value is -1.39. The maximum absolute atomic E-state index is 12.4. The molecule has 0 aliphatic heterocycles. The van der Waals surface area contributed by atoms with E-state index in [1.54, 1.807) is 0 Å². The second-order valence-electron chi connectivity index (χ2n) is 5.32. The molecule has 2 saturated carbocycles. The zero-order chi connectivity index (χ0) is 12.8. The second-order valence-corrected chi connectivity index (χ2v) is 5.32. The molecule has 0 aromatic carbocycles. The van der Waals surface area contributed by atoms with Crippen molar-refractivity contribution in [2.24, 2.45) is 5.41 Å². The summed E-state index contributed by atoms with van der Waals surface area (Å²) >= 11 is 0. The normalized spacial score (nSPS) is 24.7. The molecule has 1 spiro atoms. The number of nitrogens with one attached hydrogen (secondary N) is 1. The van der Waals surface area contributed by atoms with Crippen LogP contribution in [-0.4, -0.2) is 11.9 Å². The lowest BCUT2D eigenvalue weighted by atomic mass is 10.0. The lowest BCUT2D eigenvalue weighted by Crippen LogP contribution is -2.38. The minimum Gasteiger partial charge on any atom is -0.462 e. The van der Waals surface area contributed by atoms with Crippen molar-refractivity contribution >= 4 is 5.91 Å². The van der Waals surface area contributed by atoms with Crippen LogP contribution in [0, 0.1) is 5.41 Å². The average Bonchev–Trinajstić information content (AvgIpc) is 2.78. The number of alkyl halides is 2. The van der Waals surface area contributed by atoms with Gasteiger partial charge < -0.3 is 9.73 Å². The molecule has 0 saturated heterocycles. The van der Waals surface area contributed by atoms with Gasteiger partial charge in [-0.15, -0.1) is 0 Å². The number of amides is 1. The van der Waals surface area contributed by atoms with E-state index in [1.807, 2.05) is 0 Å². The van der Waals surface area contributed by atoms with Crippen LogP contribution < -0.4 is 5.32 Å². The van der Waals surface area contributed by atoms with E-state index in [9.17, 15) is 13.6 Å². The molecule has 2 fully saturated rings. The Kier molecular flexibility index (Phi) is 2.64. The summed E-state index contributed by atoms with van der Waals surface area (Å²) < 4.78 is 29.4. The Morgan fingerprint density at radius 1 is 1.44 bits per heavy atom. The molecule has 98 valence electrons. The Bertz CT molecular complexity index is 465. The first-order chi connectivity index (χ1) is 8.61. The van der Waals surface area contributed by atoms with E-state index < -0.39 is 12.2 Å². The third-order valence-electron chi connectivity index (χ3n) is 4.20. The highest BCUT2D eigenvalue weighted by Gasteiger charge is 2.52. The van der Waals surface area contributed by atoms with Gasteiger partial charge in [0.25, 0.3) is 12.3 Å². The van der Waals surface area contributed by atoms with Crippen LogP contribution in [0.15, 0.2) is 16.7 Å². The predicted molar refractivity (Wildman–Crippen MR) is 60.4 cm³/mol. The van der Waals surface area contributed by atoms with Gasteiger partial charge in [0.1, 0.15) is 6.26 Å². The molecule has 1 atom stereocenters. The maximum atomic E-state index is 12.4.